The summed E-state index contributed by atoms with van der Waals surface area (Å²) >= 11 is 1.38. The Kier molecular flexibility index (Phi) is 4.66. The lowest BCUT2D eigenvalue weighted by Crippen LogP contribution is -2.15. The minimum atomic E-state index is -0.432. The van der Waals surface area contributed by atoms with Crippen molar-refractivity contribution in [2.45, 2.75) is 27.7 Å². The van der Waals surface area contributed by atoms with Gasteiger partial charge in [-0.25, -0.2) is 4.79 Å². The van der Waals surface area contributed by atoms with Crippen LogP contribution in [0.5, 0.6) is 0 Å². The van der Waals surface area contributed by atoms with E-state index in [9.17, 15) is 9.59 Å². The van der Waals surface area contributed by atoms with Gasteiger partial charge < -0.3 is 10.1 Å². The van der Waals surface area contributed by atoms with Crippen LogP contribution in [0.3, 0.4) is 0 Å². The first-order valence-electron chi connectivity index (χ1n) is 6.92. The topological polar surface area (TPSA) is 55.4 Å². The van der Waals surface area contributed by atoms with Crippen LogP contribution >= 0.6 is 11.3 Å². The van der Waals surface area contributed by atoms with E-state index in [1.54, 1.807) is 0 Å². The maximum Gasteiger partial charge on any atom is 0.341 e. The summed E-state index contributed by atoms with van der Waals surface area (Å²) in [6.07, 6.45) is 0. The number of benzene rings is 1. The molecular weight excluding hydrogens is 298 g/mol. The van der Waals surface area contributed by atoms with Gasteiger partial charge in [-0.05, 0) is 44.9 Å². The Morgan fingerprint density at radius 3 is 2.45 bits per heavy atom. The molecular formula is C17H19NO3S. The summed E-state index contributed by atoms with van der Waals surface area (Å²) in [5, 5.41) is 3.39. The number of methoxy groups -OCH3 is 1. The van der Waals surface area contributed by atoms with Gasteiger partial charge in [-0.2, -0.15) is 0 Å². The zero-order chi connectivity index (χ0) is 16.4. The third-order valence-electron chi connectivity index (χ3n) is 3.64. The van der Waals surface area contributed by atoms with Crippen molar-refractivity contribution in [3.63, 3.8) is 0 Å². The van der Waals surface area contributed by atoms with E-state index in [2.05, 4.69) is 5.32 Å². The first-order valence-corrected chi connectivity index (χ1v) is 7.73. The minimum absolute atomic E-state index is 0.215. The molecule has 0 bridgehead atoms. The Balaban J connectivity index is 2.39. The SMILES string of the molecule is COC(=O)c1c(NC(=O)c2cc(C)ccc2C)sc(C)c1C. The maximum absolute atomic E-state index is 12.5. The van der Waals surface area contributed by atoms with Gasteiger partial charge in [-0.3, -0.25) is 4.79 Å². The smallest absolute Gasteiger partial charge is 0.341 e. The van der Waals surface area contributed by atoms with Gasteiger partial charge in [0.25, 0.3) is 5.91 Å². The van der Waals surface area contributed by atoms with Gasteiger partial charge in [0.05, 0.1) is 12.7 Å². The normalized spacial score (nSPS) is 10.4. The molecule has 0 fully saturated rings. The number of esters is 1. The quantitative estimate of drug-likeness (QED) is 0.870. The number of hydrogen-bond donors (Lipinski definition) is 1. The number of carbonyl (C=O) groups excluding carboxylic acids is 2. The van der Waals surface area contributed by atoms with Crippen molar-refractivity contribution in [2.24, 2.45) is 0 Å². The van der Waals surface area contributed by atoms with E-state index in [1.165, 1.54) is 18.4 Å². The zero-order valence-corrected chi connectivity index (χ0v) is 14.2. The molecule has 0 spiro atoms. The second kappa shape index (κ2) is 6.32. The van der Waals surface area contributed by atoms with Crippen LogP contribution in [-0.4, -0.2) is 19.0 Å². The summed E-state index contributed by atoms with van der Waals surface area (Å²) < 4.78 is 4.82. The molecule has 0 saturated heterocycles. The van der Waals surface area contributed by atoms with Crippen molar-refractivity contribution in [2.75, 3.05) is 12.4 Å². The van der Waals surface area contributed by atoms with Crippen LogP contribution in [-0.2, 0) is 4.74 Å². The van der Waals surface area contributed by atoms with E-state index in [4.69, 9.17) is 4.74 Å². The highest BCUT2D eigenvalue weighted by molar-refractivity contribution is 7.16. The predicted molar refractivity (Wildman–Crippen MR) is 89.0 cm³/mol. The van der Waals surface area contributed by atoms with Gasteiger partial charge in [0, 0.05) is 10.4 Å². The third-order valence-corrected chi connectivity index (χ3v) is 4.76. The molecule has 1 amide bonds. The van der Waals surface area contributed by atoms with Gasteiger partial charge in [-0.15, -0.1) is 11.3 Å². The Labute approximate surface area is 134 Å². The molecule has 4 nitrogen and oxygen atoms in total. The number of hydrogen-bond acceptors (Lipinski definition) is 4. The average Bonchev–Trinajstić information content (AvgIpc) is 2.75. The van der Waals surface area contributed by atoms with Crippen molar-refractivity contribution in [1.82, 2.24) is 0 Å². The monoisotopic (exact) mass is 317 g/mol. The van der Waals surface area contributed by atoms with Crippen LogP contribution < -0.4 is 5.32 Å². The molecule has 1 heterocycles. The summed E-state index contributed by atoms with van der Waals surface area (Å²) in [7, 11) is 1.34. The Hall–Kier alpha value is -2.14. The van der Waals surface area contributed by atoms with Gasteiger partial charge >= 0.3 is 5.97 Å². The number of rotatable bonds is 3. The summed E-state index contributed by atoms with van der Waals surface area (Å²) in [6, 6.07) is 5.72. The highest BCUT2D eigenvalue weighted by Crippen LogP contribution is 2.33. The maximum atomic E-state index is 12.5. The highest BCUT2D eigenvalue weighted by atomic mass is 32.1. The number of aryl methyl sites for hydroxylation is 3. The van der Waals surface area contributed by atoms with Crippen molar-refractivity contribution in [1.29, 1.82) is 0 Å². The fourth-order valence-electron chi connectivity index (χ4n) is 2.21. The molecule has 0 radical (unpaired) electrons. The fourth-order valence-corrected chi connectivity index (χ4v) is 3.26. The van der Waals surface area contributed by atoms with Crippen LogP contribution in [0.1, 0.15) is 42.3 Å². The lowest BCUT2D eigenvalue weighted by molar-refractivity contribution is 0.0601. The van der Waals surface area contributed by atoms with E-state index in [1.807, 2.05) is 45.9 Å². The first kappa shape index (κ1) is 16.2. The van der Waals surface area contributed by atoms with Crippen LogP contribution in [0.25, 0.3) is 0 Å². The molecule has 0 saturated carbocycles. The molecule has 2 rings (SSSR count). The summed E-state index contributed by atoms with van der Waals surface area (Å²) in [5.41, 5.74) is 3.80. The average molecular weight is 317 g/mol. The number of carbonyl (C=O) groups is 2. The Morgan fingerprint density at radius 2 is 1.82 bits per heavy atom. The van der Waals surface area contributed by atoms with E-state index < -0.39 is 5.97 Å². The molecule has 1 aromatic carbocycles. The van der Waals surface area contributed by atoms with Gasteiger partial charge in [0.15, 0.2) is 0 Å². The van der Waals surface area contributed by atoms with Crippen LogP contribution in [0.2, 0.25) is 0 Å². The van der Waals surface area contributed by atoms with Crippen LogP contribution in [0, 0.1) is 27.7 Å². The molecule has 0 atom stereocenters. The molecule has 116 valence electrons. The number of thiophene rings is 1. The number of amides is 1. The summed E-state index contributed by atoms with van der Waals surface area (Å²) in [5.74, 6) is -0.647. The van der Waals surface area contributed by atoms with E-state index in [0.717, 1.165) is 21.6 Å². The molecule has 0 aliphatic carbocycles. The summed E-state index contributed by atoms with van der Waals surface area (Å²) in [4.78, 5) is 25.4. The predicted octanol–water partition coefficient (Wildman–Crippen LogP) is 4.02. The standard InChI is InChI=1S/C17H19NO3S/c1-9-6-7-10(2)13(8-9)15(19)18-16-14(17(20)21-5)11(3)12(4)22-16/h6-8H,1-5H3,(H,18,19). The molecule has 1 aromatic heterocycles. The molecule has 22 heavy (non-hydrogen) atoms. The number of nitrogens with one attached hydrogen (secondary N) is 1. The number of anilines is 1. The molecule has 2 aromatic rings. The molecule has 0 unspecified atom stereocenters. The summed E-state index contributed by atoms with van der Waals surface area (Å²) in [6.45, 7) is 7.60. The lowest BCUT2D eigenvalue weighted by Gasteiger charge is -2.09. The lowest BCUT2D eigenvalue weighted by atomic mass is 10.1. The Morgan fingerprint density at radius 1 is 1.14 bits per heavy atom. The van der Waals surface area contributed by atoms with E-state index in [0.29, 0.717) is 16.1 Å². The zero-order valence-electron chi connectivity index (χ0n) is 13.4. The molecule has 0 aliphatic heterocycles. The largest absolute Gasteiger partial charge is 0.465 e. The first-order chi connectivity index (χ1) is 10.3. The van der Waals surface area contributed by atoms with Crippen molar-refractivity contribution in [3.8, 4) is 0 Å². The minimum Gasteiger partial charge on any atom is -0.465 e. The third kappa shape index (κ3) is 3.04. The number of ether oxygens (including phenoxy) is 1. The highest BCUT2D eigenvalue weighted by Gasteiger charge is 2.22. The Bertz CT molecular complexity index is 747. The second-order valence-electron chi connectivity index (χ2n) is 5.25. The van der Waals surface area contributed by atoms with Crippen molar-refractivity contribution < 1.29 is 14.3 Å². The van der Waals surface area contributed by atoms with E-state index >= 15 is 0 Å². The van der Waals surface area contributed by atoms with Crippen LogP contribution in [0.15, 0.2) is 18.2 Å². The molecule has 5 heteroatoms. The second-order valence-corrected chi connectivity index (χ2v) is 6.48. The van der Waals surface area contributed by atoms with E-state index in [-0.39, 0.29) is 5.91 Å². The van der Waals surface area contributed by atoms with Gasteiger partial charge in [-0.1, -0.05) is 17.7 Å². The van der Waals surface area contributed by atoms with Crippen molar-refractivity contribution >= 4 is 28.2 Å². The molecule has 0 aliphatic rings. The van der Waals surface area contributed by atoms with Crippen LogP contribution in [0.4, 0.5) is 5.00 Å². The molecule has 1 N–H and O–H groups in total. The van der Waals surface area contributed by atoms with Gasteiger partial charge in [0.2, 0.25) is 0 Å². The van der Waals surface area contributed by atoms with Gasteiger partial charge in [0.1, 0.15) is 5.00 Å². The van der Waals surface area contributed by atoms with Crippen molar-refractivity contribution in [3.05, 3.63) is 50.9 Å². The fraction of sp³-hybridized carbons (Fsp3) is 0.294.